The smallest absolute Gasteiger partial charge is 0.344 e. The molecular weight excluding hydrogens is 330 g/mol. The molecule has 0 aliphatic heterocycles. The third-order valence-electron chi connectivity index (χ3n) is 4.27. The monoisotopic (exact) mass is 353 g/mol. The average Bonchev–Trinajstić information content (AvgIpc) is 2.55. The summed E-state index contributed by atoms with van der Waals surface area (Å²) in [6.45, 7) is 3.44. The molecule has 0 heterocycles. The second kappa shape index (κ2) is 8.92. The molecular formula is C18H24ClNO4. The minimum Gasteiger partial charge on any atom is -0.482 e. The zero-order valence-electron chi connectivity index (χ0n) is 14.1. The summed E-state index contributed by atoms with van der Waals surface area (Å²) in [4.78, 5) is 24.0. The molecule has 0 unspecified atom stereocenters. The van der Waals surface area contributed by atoms with E-state index in [1.165, 1.54) is 6.42 Å². The normalized spacial score (nSPS) is 21.6. The number of benzene rings is 1. The standard InChI is InChI=1S/C18H24ClNO4/c1-12-6-3-4-9-16(12)20-18(22)13(2)24-17(21)11-23-15-8-5-7-14(19)10-15/h5,7-8,10,12-13,16H,3-4,6,9,11H2,1-2H3,(H,20,22)/t12-,13+,16-/m0/s1. The molecule has 1 aromatic rings. The summed E-state index contributed by atoms with van der Waals surface area (Å²) in [5, 5.41) is 3.50. The molecule has 1 saturated carbocycles. The van der Waals surface area contributed by atoms with Gasteiger partial charge in [-0.25, -0.2) is 4.79 Å². The topological polar surface area (TPSA) is 64.6 Å². The van der Waals surface area contributed by atoms with E-state index in [9.17, 15) is 9.59 Å². The van der Waals surface area contributed by atoms with Crippen LogP contribution >= 0.6 is 11.6 Å². The summed E-state index contributed by atoms with van der Waals surface area (Å²) in [5.74, 6) is 0.0866. The molecule has 1 aromatic carbocycles. The van der Waals surface area contributed by atoms with E-state index in [0.29, 0.717) is 16.7 Å². The third-order valence-corrected chi connectivity index (χ3v) is 4.50. The van der Waals surface area contributed by atoms with Gasteiger partial charge in [0.2, 0.25) is 0 Å². The van der Waals surface area contributed by atoms with Gasteiger partial charge in [-0.05, 0) is 43.9 Å². The predicted molar refractivity (Wildman–Crippen MR) is 92.1 cm³/mol. The van der Waals surface area contributed by atoms with E-state index in [1.807, 2.05) is 0 Å². The van der Waals surface area contributed by atoms with E-state index >= 15 is 0 Å². The Morgan fingerprint density at radius 2 is 2.08 bits per heavy atom. The lowest BCUT2D eigenvalue weighted by atomic mass is 9.86. The van der Waals surface area contributed by atoms with E-state index in [0.717, 1.165) is 19.3 Å². The number of esters is 1. The maximum absolute atomic E-state index is 12.2. The fourth-order valence-electron chi connectivity index (χ4n) is 2.81. The van der Waals surface area contributed by atoms with Crippen molar-refractivity contribution >= 4 is 23.5 Å². The summed E-state index contributed by atoms with van der Waals surface area (Å²) in [6, 6.07) is 6.90. The minimum absolute atomic E-state index is 0.162. The van der Waals surface area contributed by atoms with E-state index in [-0.39, 0.29) is 18.6 Å². The zero-order chi connectivity index (χ0) is 17.5. The lowest BCUT2D eigenvalue weighted by molar-refractivity contribution is -0.157. The van der Waals surface area contributed by atoms with Crippen molar-refractivity contribution < 1.29 is 19.1 Å². The van der Waals surface area contributed by atoms with E-state index < -0.39 is 12.1 Å². The highest BCUT2D eigenvalue weighted by Gasteiger charge is 2.26. The van der Waals surface area contributed by atoms with Crippen molar-refractivity contribution in [2.45, 2.75) is 51.7 Å². The third kappa shape index (κ3) is 5.71. The number of halogens is 1. The zero-order valence-corrected chi connectivity index (χ0v) is 14.8. The van der Waals surface area contributed by atoms with E-state index in [2.05, 4.69) is 12.2 Å². The van der Waals surface area contributed by atoms with Crippen LogP contribution in [-0.4, -0.2) is 30.6 Å². The first-order valence-corrected chi connectivity index (χ1v) is 8.71. The maximum Gasteiger partial charge on any atom is 0.344 e. The van der Waals surface area contributed by atoms with Crippen molar-refractivity contribution in [1.29, 1.82) is 0 Å². The summed E-state index contributed by atoms with van der Waals surface area (Å²) in [7, 11) is 0. The minimum atomic E-state index is -0.838. The van der Waals surface area contributed by atoms with Crippen LogP contribution < -0.4 is 10.1 Å². The van der Waals surface area contributed by atoms with Crippen LogP contribution in [0.2, 0.25) is 5.02 Å². The Kier molecular flexibility index (Phi) is 6.91. The molecule has 0 bridgehead atoms. The fraction of sp³-hybridized carbons (Fsp3) is 0.556. The summed E-state index contributed by atoms with van der Waals surface area (Å²) in [5.41, 5.74) is 0. The molecule has 0 spiro atoms. The molecule has 1 N–H and O–H groups in total. The highest BCUT2D eigenvalue weighted by molar-refractivity contribution is 6.30. The Morgan fingerprint density at radius 3 is 2.79 bits per heavy atom. The van der Waals surface area contributed by atoms with Crippen LogP contribution in [-0.2, 0) is 14.3 Å². The molecule has 0 aromatic heterocycles. The molecule has 5 nitrogen and oxygen atoms in total. The van der Waals surface area contributed by atoms with Crippen molar-refractivity contribution in [3.63, 3.8) is 0 Å². The molecule has 1 aliphatic rings. The van der Waals surface area contributed by atoms with Crippen LogP contribution in [0.4, 0.5) is 0 Å². The predicted octanol–water partition coefficient (Wildman–Crippen LogP) is 3.35. The summed E-state index contributed by atoms with van der Waals surface area (Å²) < 4.78 is 10.4. The van der Waals surface area contributed by atoms with Gasteiger partial charge in [0.1, 0.15) is 5.75 Å². The largest absolute Gasteiger partial charge is 0.482 e. The van der Waals surface area contributed by atoms with Crippen LogP contribution in [0.15, 0.2) is 24.3 Å². The van der Waals surface area contributed by atoms with Gasteiger partial charge in [0.15, 0.2) is 12.7 Å². The summed E-state index contributed by atoms with van der Waals surface area (Å²) >= 11 is 5.84. The first-order chi connectivity index (χ1) is 11.5. The molecule has 0 radical (unpaired) electrons. The Bertz CT molecular complexity index is 578. The number of rotatable bonds is 6. The van der Waals surface area contributed by atoms with Crippen molar-refractivity contribution in [2.24, 2.45) is 5.92 Å². The van der Waals surface area contributed by atoms with E-state index in [4.69, 9.17) is 21.1 Å². The van der Waals surface area contributed by atoms with Gasteiger partial charge < -0.3 is 14.8 Å². The molecule has 132 valence electrons. The number of amides is 1. The molecule has 2 rings (SSSR count). The number of nitrogens with one attached hydrogen (secondary N) is 1. The van der Waals surface area contributed by atoms with Gasteiger partial charge in [0.25, 0.3) is 5.91 Å². The number of ether oxygens (including phenoxy) is 2. The first kappa shape index (κ1) is 18.6. The molecule has 6 heteroatoms. The maximum atomic E-state index is 12.2. The lowest BCUT2D eigenvalue weighted by Crippen LogP contribution is -2.46. The Labute approximate surface area is 147 Å². The number of hydrogen-bond donors (Lipinski definition) is 1. The number of carbonyl (C=O) groups excluding carboxylic acids is 2. The van der Waals surface area contributed by atoms with E-state index in [1.54, 1.807) is 31.2 Å². The van der Waals surface area contributed by atoms with Gasteiger partial charge in [-0.2, -0.15) is 0 Å². The quantitative estimate of drug-likeness (QED) is 0.796. The molecule has 1 aliphatic carbocycles. The van der Waals surface area contributed by atoms with Crippen LogP contribution in [0.25, 0.3) is 0 Å². The lowest BCUT2D eigenvalue weighted by Gasteiger charge is -2.30. The second-order valence-corrected chi connectivity index (χ2v) is 6.69. The van der Waals surface area contributed by atoms with Crippen molar-refractivity contribution in [3.05, 3.63) is 29.3 Å². The highest BCUT2D eigenvalue weighted by atomic mass is 35.5. The van der Waals surface area contributed by atoms with Crippen molar-refractivity contribution in [1.82, 2.24) is 5.32 Å². The molecule has 1 fully saturated rings. The first-order valence-electron chi connectivity index (χ1n) is 8.34. The Balaban J connectivity index is 1.75. The van der Waals surface area contributed by atoms with Gasteiger partial charge in [-0.3, -0.25) is 4.79 Å². The highest BCUT2D eigenvalue weighted by Crippen LogP contribution is 2.23. The van der Waals surface area contributed by atoms with Crippen LogP contribution in [0, 0.1) is 5.92 Å². The van der Waals surface area contributed by atoms with Gasteiger partial charge in [-0.1, -0.05) is 37.4 Å². The fourth-order valence-corrected chi connectivity index (χ4v) is 2.99. The van der Waals surface area contributed by atoms with Gasteiger partial charge in [-0.15, -0.1) is 0 Å². The van der Waals surface area contributed by atoms with Crippen LogP contribution in [0.5, 0.6) is 5.75 Å². The number of hydrogen-bond acceptors (Lipinski definition) is 4. The average molecular weight is 354 g/mol. The van der Waals surface area contributed by atoms with Crippen LogP contribution in [0.1, 0.15) is 39.5 Å². The summed E-state index contributed by atoms with van der Waals surface area (Å²) in [6.07, 6.45) is 3.59. The SMILES string of the molecule is C[C@@H](OC(=O)COc1cccc(Cl)c1)C(=O)N[C@H]1CCCC[C@@H]1C. The van der Waals surface area contributed by atoms with Crippen molar-refractivity contribution in [2.75, 3.05) is 6.61 Å². The molecule has 24 heavy (non-hydrogen) atoms. The van der Waals surface area contributed by atoms with Crippen molar-refractivity contribution in [3.8, 4) is 5.75 Å². The van der Waals surface area contributed by atoms with Crippen LogP contribution in [0.3, 0.4) is 0 Å². The molecule has 1 amide bonds. The van der Waals surface area contributed by atoms with Gasteiger partial charge in [0.05, 0.1) is 0 Å². The second-order valence-electron chi connectivity index (χ2n) is 6.25. The molecule has 0 saturated heterocycles. The molecule has 3 atom stereocenters. The number of carbonyl (C=O) groups is 2. The van der Waals surface area contributed by atoms with Gasteiger partial charge >= 0.3 is 5.97 Å². The Hall–Kier alpha value is -1.75. The van der Waals surface area contributed by atoms with Gasteiger partial charge in [0, 0.05) is 11.1 Å². The Morgan fingerprint density at radius 1 is 1.33 bits per heavy atom.